The van der Waals surface area contributed by atoms with Gasteiger partial charge in [0.25, 0.3) is 0 Å². The number of hydrogen-bond donors (Lipinski definition) is 1. The molecule has 9 heteroatoms. The predicted octanol–water partition coefficient (Wildman–Crippen LogP) is 4.95. The zero-order valence-corrected chi connectivity index (χ0v) is 19.6. The summed E-state index contributed by atoms with van der Waals surface area (Å²) in [6.07, 6.45) is 1.49. The molecule has 0 aliphatic carbocycles. The number of amides is 1. The molecule has 0 bridgehead atoms. The Morgan fingerprint density at radius 3 is 2.52 bits per heavy atom. The molecule has 1 aromatic carbocycles. The third kappa shape index (κ3) is 6.45. The molecule has 1 N–H and O–H groups in total. The fourth-order valence-electron chi connectivity index (χ4n) is 2.81. The summed E-state index contributed by atoms with van der Waals surface area (Å²) in [6.45, 7) is 9.52. The molecule has 0 saturated carbocycles. The van der Waals surface area contributed by atoms with Gasteiger partial charge in [0.15, 0.2) is 11.0 Å². The van der Waals surface area contributed by atoms with E-state index in [4.69, 9.17) is 16.3 Å². The van der Waals surface area contributed by atoms with E-state index in [-0.39, 0.29) is 17.1 Å². The Kier molecular flexibility index (Phi) is 7.56. The third-order valence-corrected chi connectivity index (χ3v) is 5.72. The van der Waals surface area contributed by atoms with E-state index in [1.807, 2.05) is 23.6 Å². The number of halogens is 1. The number of ether oxygens (including phenoxy) is 1. The maximum Gasteiger partial charge on any atom is 0.236 e. The molecule has 3 aromatic rings. The number of pyridine rings is 1. The first-order valence-corrected chi connectivity index (χ1v) is 11.3. The number of carbonyl (C=O) groups is 1. The van der Waals surface area contributed by atoms with Gasteiger partial charge in [-0.25, -0.2) is 4.98 Å². The molecule has 0 aliphatic rings. The zero-order chi connectivity index (χ0) is 22.4. The minimum atomic E-state index is -0.179. The van der Waals surface area contributed by atoms with Crippen molar-refractivity contribution in [1.82, 2.24) is 19.7 Å². The summed E-state index contributed by atoms with van der Waals surface area (Å²) in [4.78, 5) is 16.3. The monoisotopic (exact) mass is 459 g/mol. The molecule has 0 radical (unpaired) electrons. The highest BCUT2D eigenvalue weighted by atomic mass is 35.5. The number of nitrogens with zero attached hydrogens (tertiary/aromatic N) is 4. The molecule has 1 amide bonds. The molecule has 0 fully saturated rings. The highest BCUT2D eigenvalue weighted by Gasteiger charge is 2.15. The van der Waals surface area contributed by atoms with Gasteiger partial charge in [-0.15, -0.1) is 10.2 Å². The molecule has 3 rings (SSSR count). The Labute approximate surface area is 191 Å². The van der Waals surface area contributed by atoms with E-state index in [0.717, 1.165) is 5.75 Å². The molecule has 0 saturated heterocycles. The lowest BCUT2D eigenvalue weighted by molar-refractivity contribution is -0.113. The van der Waals surface area contributed by atoms with Crippen LogP contribution in [-0.2, 0) is 23.4 Å². The van der Waals surface area contributed by atoms with E-state index in [0.29, 0.717) is 35.0 Å². The van der Waals surface area contributed by atoms with Gasteiger partial charge in [-0.2, -0.15) is 0 Å². The molecule has 7 nitrogen and oxygen atoms in total. The van der Waals surface area contributed by atoms with Gasteiger partial charge in [0.05, 0.1) is 10.8 Å². The highest BCUT2D eigenvalue weighted by Crippen LogP contribution is 2.25. The van der Waals surface area contributed by atoms with Crippen LogP contribution in [0.4, 0.5) is 5.82 Å². The maximum atomic E-state index is 12.2. The van der Waals surface area contributed by atoms with E-state index in [2.05, 4.69) is 53.4 Å². The van der Waals surface area contributed by atoms with Crippen molar-refractivity contribution in [3.05, 3.63) is 59.0 Å². The minimum Gasteiger partial charge on any atom is -0.486 e. The lowest BCUT2D eigenvalue weighted by Crippen LogP contribution is -2.15. The number of thioether (sulfide) groups is 1. The van der Waals surface area contributed by atoms with Crippen LogP contribution in [-0.4, -0.2) is 31.4 Å². The zero-order valence-electron chi connectivity index (χ0n) is 18.1. The normalized spacial score (nSPS) is 11.4. The summed E-state index contributed by atoms with van der Waals surface area (Å²) < 4.78 is 7.85. The summed E-state index contributed by atoms with van der Waals surface area (Å²) in [5.41, 5.74) is 1.35. The van der Waals surface area contributed by atoms with E-state index >= 15 is 0 Å². The third-order valence-electron chi connectivity index (χ3n) is 4.53. The number of benzene rings is 1. The van der Waals surface area contributed by atoms with Crippen LogP contribution < -0.4 is 10.1 Å². The first-order valence-electron chi connectivity index (χ1n) is 9.96. The topological polar surface area (TPSA) is 81.9 Å². The molecule has 2 heterocycles. The minimum absolute atomic E-state index is 0.100. The van der Waals surface area contributed by atoms with Crippen molar-refractivity contribution in [2.75, 3.05) is 11.1 Å². The van der Waals surface area contributed by atoms with E-state index in [9.17, 15) is 4.79 Å². The second-order valence-corrected chi connectivity index (χ2v) is 9.28. The van der Waals surface area contributed by atoms with E-state index in [1.165, 1.54) is 23.5 Å². The number of hydrogen-bond acceptors (Lipinski definition) is 6. The fraction of sp³-hybridized carbons (Fsp3) is 0.364. The summed E-state index contributed by atoms with van der Waals surface area (Å²) >= 11 is 7.12. The van der Waals surface area contributed by atoms with Crippen LogP contribution in [0.5, 0.6) is 5.75 Å². The number of nitrogens with one attached hydrogen (secondary N) is 1. The highest BCUT2D eigenvalue weighted by molar-refractivity contribution is 7.99. The predicted molar refractivity (Wildman–Crippen MR) is 124 cm³/mol. The SMILES string of the molecule is CCn1c(COc2ccc(C(C)(C)C)cc2)nnc1SCC(=O)Nc1ccc(Cl)cn1. The van der Waals surface area contributed by atoms with Crippen molar-refractivity contribution >= 4 is 35.1 Å². The number of rotatable bonds is 8. The van der Waals surface area contributed by atoms with E-state index < -0.39 is 0 Å². The van der Waals surface area contributed by atoms with Crippen LogP contribution in [0.2, 0.25) is 5.02 Å². The van der Waals surface area contributed by atoms with Crippen LogP contribution in [0.15, 0.2) is 47.8 Å². The van der Waals surface area contributed by atoms with Gasteiger partial charge in [-0.3, -0.25) is 4.79 Å². The van der Waals surface area contributed by atoms with Gasteiger partial charge in [0.2, 0.25) is 5.91 Å². The van der Waals surface area contributed by atoms with Crippen molar-refractivity contribution in [3.63, 3.8) is 0 Å². The molecule has 164 valence electrons. The van der Waals surface area contributed by atoms with Gasteiger partial charge in [0.1, 0.15) is 18.2 Å². The Bertz CT molecular complexity index is 1010. The Morgan fingerprint density at radius 1 is 1.16 bits per heavy atom. The second kappa shape index (κ2) is 10.2. The second-order valence-electron chi connectivity index (χ2n) is 7.90. The van der Waals surface area contributed by atoms with Crippen LogP contribution >= 0.6 is 23.4 Å². The average molecular weight is 460 g/mol. The maximum absolute atomic E-state index is 12.2. The Morgan fingerprint density at radius 2 is 1.90 bits per heavy atom. The van der Waals surface area contributed by atoms with Gasteiger partial charge >= 0.3 is 0 Å². The fourth-order valence-corrected chi connectivity index (χ4v) is 3.74. The molecule has 0 unspecified atom stereocenters. The van der Waals surface area contributed by atoms with Gasteiger partial charge < -0.3 is 14.6 Å². The summed E-state index contributed by atoms with van der Waals surface area (Å²) in [5, 5.41) is 12.4. The van der Waals surface area contributed by atoms with Crippen LogP contribution in [0.1, 0.15) is 39.1 Å². The van der Waals surface area contributed by atoms with Crippen molar-refractivity contribution < 1.29 is 9.53 Å². The van der Waals surface area contributed by atoms with Crippen molar-refractivity contribution in [2.45, 2.75) is 51.4 Å². The van der Waals surface area contributed by atoms with Gasteiger partial charge in [0, 0.05) is 12.7 Å². The molecular weight excluding hydrogens is 434 g/mol. The molecule has 31 heavy (non-hydrogen) atoms. The van der Waals surface area contributed by atoms with Crippen molar-refractivity contribution in [3.8, 4) is 5.75 Å². The molecule has 0 aliphatic heterocycles. The lowest BCUT2D eigenvalue weighted by Gasteiger charge is -2.19. The molecule has 0 atom stereocenters. The summed E-state index contributed by atoms with van der Waals surface area (Å²) in [5.74, 6) is 1.96. The van der Waals surface area contributed by atoms with Crippen LogP contribution in [0, 0.1) is 0 Å². The van der Waals surface area contributed by atoms with Crippen LogP contribution in [0.25, 0.3) is 0 Å². The summed E-state index contributed by atoms with van der Waals surface area (Å²) in [7, 11) is 0. The van der Waals surface area contributed by atoms with Crippen LogP contribution in [0.3, 0.4) is 0 Å². The number of carbonyl (C=O) groups excluding carboxylic acids is 1. The first kappa shape index (κ1) is 23.1. The molecule has 2 aromatic heterocycles. The molecular formula is C22H26ClN5O2S. The number of aromatic nitrogens is 4. The van der Waals surface area contributed by atoms with Crippen molar-refractivity contribution in [2.24, 2.45) is 0 Å². The number of anilines is 1. The average Bonchev–Trinajstić information content (AvgIpc) is 3.14. The summed E-state index contributed by atoms with van der Waals surface area (Å²) in [6, 6.07) is 11.4. The standard InChI is InChI=1S/C22H26ClN5O2S/c1-5-28-19(13-30-17-9-6-15(7-10-17)22(2,3)4)26-27-21(28)31-14-20(29)25-18-11-8-16(23)12-24-18/h6-12H,5,13-14H2,1-4H3,(H,24,25,29). The van der Waals surface area contributed by atoms with Gasteiger partial charge in [-0.05, 0) is 42.2 Å². The first-order chi connectivity index (χ1) is 14.8. The largest absolute Gasteiger partial charge is 0.486 e. The van der Waals surface area contributed by atoms with Gasteiger partial charge in [-0.1, -0.05) is 56.3 Å². The molecule has 0 spiro atoms. The lowest BCUT2D eigenvalue weighted by atomic mass is 9.87. The quantitative estimate of drug-likeness (QED) is 0.480. The van der Waals surface area contributed by atoms with E-state index in [1.54, 1.807) is 12.1 Å². The Balaban J connectivity index is 1.56. The van der Waals surface area contributed by atoms with Crippen molar-refractivity contribution in [1.29, 1.82) is 0 Å². The Hall–Kier alpha value is -2.58. The smallest absolute Gasteiger partial charge is 0.236 e.